The van der Waals surface area contributed by atoms with Crippen molar-refractivity contribution in [2.75, 3.05) is 11.9 Å². The molecule has 150 valence electrons. The van der Waals surface area contributed by atoms with Gasteiger partial charge in [0.2, 0.25) is 0 Å². The van der Waals surface area contributed by atoms with E-state index in [0.717, 1.165) is 31.0 Å². The third-order valence-electron chi connectivity index (χ3n) is 2.78. The monoisotopic (exact) mass is 423 g/mol. The lowest BCUT2D eigenvalue weighted by Gasteiger charge is -2.19. The zero-order chi connectivity index (χ0) is 20.1. The van der Waals surface area contributed by atoms with Crippen LogP contribution in [0.15, 0.2) is 0 Å². The van der Waals surface area contributed by atoms with Gasteiger partial charge >= 0.3 is 12.1 Å². The maximum Gasteiger partial charge on any atom is 0.408 e. The fraction of sp³-hybridized carbons (Fsp3) is 0.895. The Morgan fingerprint density at radius 3 is 1.84 bits per heavy atom. The fourth-order valence-corrected chi connectivity index (χ4v) is 1.69. The Labute approximate surface area is 162 Å². The number of hydrogen-bond donors (Lipinski definition) is 1. The smallest absolute Gasteiger partial charge is 0.408 e. The fourth-order valence-electron chi connectivity index (χ4n) is 1.69. The normalized spacial score (nSPS) is 14.4. The number of esters is 1. The van der Waals surface area contributed by atoms with Crippen molar-refractivity contribution in [2.45, 2.75) is 92.8 Å². The van der Waals surface area contributed by atoms with E-state index in [9.17, 15) is 9.59 Å². The average molecular weight is 424 g/mol. The van der Waals surface area contributed by atoms with Crippen LogP contribution in [-0.4, -0.2) is 35.6 Å². The Morgan fingerprint density at radius 1 is 1.04 bits per heavy atom. The van der Waals surface area contributed by atoms with Crippen LogP contribution in [0.3, 0.4) is 0 Å². The number of hydrogen-bond acceptors (Lipinski definition) is 4. The summed E-state index contributed by atoms with van der Waals surface area (Å²) in [5.41, 5.74) is -0.0978. The van der Waals surface area contributed by atoms with Crippen LogP contribution < -0.4 is 5.32 Å². The topological polar surface area (TPSA) is 64.6 Å². The van der Waals surface area contributed by atoms with E-state index in [0.29, 0.717) is 5.41 Å². The van der Waals surface area contributed by atoms with Crippen molar-refractivity contribution in [3.8, 4) is 0 Å². The zero-order valence-corrected chi connectivity index (χ0v) is 18.9. The van der Waals surface area contributed by atoms with Gasteiger partial charge in [0.1, 0.15) is 18.2 Å². The van der Waals surface area contributed by atoms with Gasteiger partial charge in [-0.25, -0.2) is 4.79 Å². The van der Waals surface area contributed by atoms with E-state index in [4.69, 9.17) is 9.47 Å². The number of amides is 1. The Balaban J connectivity index is 0. The van der Waals surface area contributed by atoms with E-state index in [-0.39, 0.29) is 12.6 Å². The second-order valence-electron chi connectivity index (χ2n) is 7.95. The molecular weight excluding hydrogens is 386 g/mol. The molecule has 1 amide bonds. The van der Waals surface area contributed by atoms with Crippen molar-refractivity contribution in [1.82, 2.24) is 5.32 Å². The molecule has 25 heavy (non-hydrogen) atoms. The third kappa shape index (κ3) is 19.4. The number of carbonyl (C=O) groups excluding carboxylic acids is 2. The minimum atomic E-state index is -0.596. The highest BCUT2D eigenvalue weighted by molar-refractivity contribution is 9.09. The van der Waals surface area contributed by atoms with E-state index in [1.165, 1.54) is 0 Å². The zero-order valence-electron chi connectivity index (χ0n) is 17.3. The Morgan fingerprint density at radius 2 is 1.48 bits per heavy atom. The number of alkyl carbamates (subject to hydrolysis) is 1. The number of nitrogens with one attached hydrogen (secondary N) is 1. The number of carbonyl (C=O) groups is 2. The van der Waals surface area contributed by atoms with Crippen molar-refractivity contribution in [3.63, 3.8) is 0 Å². The highest BCUT2D eigenvalue weighted by atomic mass is 79.9. The van der Waals surface area contributed by atoms with Crippen molar-refractivity contribution in [3.05, 3.63) is 0 Å². The van der Waals surface area contributed by atoms with Gasteiger partial charge in [-0.3, -0.25) is 4.79 Å². The van der Waals surface area contributed by atoms with E-state index in [2.05, 4.69) is 42.0 Å². The van der Waals surface area contributed by atoms with E-state index in [1.807, 2.05) is 13.8 Å². The molecule has 0 bridgehead atoms. The van der Waals surface area contributed by atoms with Gasteiger partial charge in [-0.1, -0.05) is 50.5 Å². The van der Waals surface area contributed by atoms with Crippen LogP contribution in [0.5, 0.6) is 0 Å². The number of ether oxygens (including phenoxy) is 2. The Hall–Kier alpha value is -0.780. The molecule has 0 heterocycles. The van der Waals surface area contributed by atoms with Crippen LogP contribution in [-0.2, 0) is 14.3 Å². The summed E-state index contributed by atoms with van der Waals surface area (Å²) in [5.74, 6) is -0.400. The van der Waals surface area contributed by atoms with E-state index < -0.39 is 17.7 Å². The first-order chi connectivity index (χ1) is 11.4. The molecule has 0 aromatic carbocycles. The summed E-state index contributed by atoms with van der Waals surface area (Å²) in [6.45, 7) is 15.8. The van der Waals surface area contributed by atoms with Gasteiger partial charge in [-0.15, -0.1) is 0 Å². The lowest BCUT2D eigenvalue weighted by Crippen LogP contribution is -2.36. The minimum absolute atomic E-state index is 0.0305. The molecule has 1 saturated carbocycles. The molecule has 0 aromatic rings. The first-order valence-electron chi connectivity index (χ1n) is 9.15. The molecule has 5 nitrogen and oxygen atoms in total. The summed E-state index contributed by atoms with van der Waals surface area (Å²) in [6, 6.07) is 0. The van der Waals surface area contributed by atoms with Gasteiger partial charge in [0.25, 0.3) is 0 Å². The van der Waals surface area contributed by atoms with Gasteiger partial charge in [-0.05, 0) is 51.9 Å². The van der Waals surface area contributed by atoms with Crippen LogP contribution in [0.1, 0.15) is 81.1 Å². The van der Waals surface area contributed by atoms with Gasteiger partial charge in [0.05, 0.1) is 0 Å². The highest BCUT2D eigenvalue weighted by Gasteiger charge is 2.20. The van der Waals surface area contributed by atoms with Crippen LogP contribution in [0.4, 0.5) is 4.79 Å². The summed E-state index contributed by atoms with van der Waals surface area (Å²) in [6.07, 6.45) is 3.51. The molecular formula is C19H38BrNO4. The second-order valence-corrected chi connectivity index (χ2v) is 8.51. The SMILES string of the molecule is CC.CC(C)(C)CBr.CC(C)(C)OC(=O)NCC(=O)OC1CCCC1. The molecule has 0 atom stereocenters. The largest absolute Gasteiger partial charge is 0.461 e. The standard InChI is InChI=1S/C12H21NO4.C5H11Br.C2H6/c1-12(2,3)17-11(15)13-8-10(14)16-9-6-4-5-7-9;1-5(2,3)4-6;1-2/h9H,4-8H2,1-3H3,(H,13,15);4H2,1-3H3;1-2H3. The molecule has 0 unspecified atom stereocenters. The van der Waals surface area contributed by atoms with Crippen molar-refractivity contribution >= 4 is 28.0 Å². The molecule has 6 heteroatoms. The number of alkyl halides is 1. The summed E-state index contributed by atoms with van der Waals surface area (Å²) < 4.78 is 10.2. The maximum atomic E-state index is 11.4. The molecule has 1 fully saturated rings. The van der Waals surface area contributed by atoms with Gasteiger partial charge < -0.3 is 14.8 Å². The predicted octanol–water partition coefficient (Wildman–Crippen LogP) is 5.45. The predicted molar refractivity (Wildman–Crippen MR) is 107 cm³/mol. The van der Waals surface area contributed by atoms with Crippen LogP contribution in [0.2, 0.25) is 0 Å². The van der Waals surface area contributed by atoms with Crippen molar-refractivity contribution < 1.29 is 19.1 Å². The van der Waals surface area contributed by atoms with Gasteiger partial charge in [-0.2, -0.15) is 0 Å². The lowest BCUT2D eigenvalue weighted by atomic mass is 10.0. The van der Waals surface area contributed by atoms with Crippen LogP contribution in [0.25, 0.3) is 0 Å². The highest BCUT2D eigenvalue weighted by Crippen LogP contribution is 2.20. The first kappa shape index (κ1) is 26.4. The minimum Gasteiger partial charge on any atom is -0.461 e. The summed E-state index contributed by atoms with van der Waals surface area (Å²) in [5, 5.41) is 3.46. The molecule has 0 saturated heterocycles. The van der Waals surface area contributed by atoms with E-state index in [1.54, 1.807) is 20.8 Å². The first-order valence-corrected chi connectivity index (χ1v) is 10.3. The van der Waals surface area contributed by atoms with Crippen LogP contribution in [0, 0.1) is 5.41 Å². The summed E-state index contributed by atoms with van der Waals surface area (Å²) in [4.78, 5) is 22.6. The van der Waals surface area contributed by atoms with Gasteiger partial charge in [0, 0.05) is 5.33 Å². The molecule has 1 N–H and O–H groups in total. The lowest BCUT2D eigenvalue weighted by molar-refractivity contribution is -0.147. The van der Waals surface area contributed by atoms with Crippen molar-refractivity contribution in [2.24, 2.45) is 5.41 Å². The van der Waals surface area contributed by atoms with Crippen molar-refractivity contribution in [1.29, 1.82) is 0 Å². The molecule has 1 rings (SSSR count). The summed E-state index contributed by atoms with van der Waals surface area (Å²) >= 11 is 3.37. The molecule has 0 aromatic heterocycles. The Kier molecular flexibility index (Phi) is 14.2. The third-order valence-corrected chi connectivity index (χ3v) is 4.46. The second kappa shape index (κ2) is 13.4. The molecule has 1 aliphatic rings. The number of rotatable bonds is 3. The summed E-state index contributed by atoms with van der Waals surface area (Å²) in [7, 11) is 0. The Bertz CT molecular complexity index is 367. The molecule has 0 spiro atoms. The quantitative estimate of drug-likeness (QED) is 0.483. The average Bonchev–Trinajstić information content (AvgIpc) is 2.98. The molecule has 0 aliphatic heterocycles. The van der Waals surface area contributed by atoms with Crippen LogP contribution >= 0.6 is 15.9 Å². The molecule has 1 aliphatic carbocycles. The van der Waals surface area contributed by atoms with E-state index >= 15 is 0 Å². The molecule has 0 radical (unpaired) electrons. The number of halogens is 1. The maximum absolute atomic E-state index is 11.4. The van der Waals surface area contributed by atoms with Gasteiger partial charge in [0.15, 0.2) is 0 Å².